The molecule has 0 bridgehead atoms. The third-order valence-electron chi connectivity index (χ3n) is 10.7. The van der Waals surface area contributed by atoms with Gasteiger partial charge in [0.05, 0.1) is 13.2 Å². The van der Waals surface area contributed by atoms with Crippen LogP contribution in [0.15, 0.2) is 60.9 Å². The second kappa shape index (κ2) is 21.5. The van der Waals surface area contributed by atoms with Crippen LogP contribution in [0.4, 0.5) is 11.6 Å². The van der Waals surface area contributed by atoms with Gasteiger partial charge in [0.1, 0.15) is 22.1 Å². The number of benzene rings is 2. The van der Waals surface area contributed by atoms with Gasteiger partial charge < -0.3 is 30.9 Å². The maximum absolute atomic E-state index is 6.34. The molecule has 310 valence electrons. The van der Waals surface area contributed by atoms with Gasteiger partial charge in [-0.3, -0.25) is 9.80 Å². The zero-order valence-electron chi connectivity index (χ0n) is 35.2. The minimum Gasteiger partial charge on any atom is -0.463 e. The number of nitrogens with two attached hydrogens (primary N) is 2. The maximum atomic E-state index is 6.34. The lowest BCUT2D eigenvalue weighted by molar-refractivity contribution is 0.263. The highest BCUT2D eigenvalue weighted by atomic mass is 16.5. The molecule has 0 fully saturated rings. The zero-order valence-corrected chi connectivity index (χ0v) is 35.2. The molecule has 0 saturated carbocycles. The van der Waals surface area contributed by atoms with Gasteiger partial charge in [-0.1, -0.05) is 95.5 Å². The molecule has 2 aromatic carbocycles. The molecule has 0 aliphatic rings. The molecule has 6 N–H and O–H groups in total. The number of aromatic nitrogens is 6. The van der Waals surface area contributed by atoms with Gasteiger partial charge in [0, 0.05) is 49.5 Å². The van der Waals surface area contributed by atoms with Crippen LogP contribution in [0.25, 0.3) is 22.1 Å². The smallest absolute Gasteiger partial charge is 0.319 e. The number of nitrogen functional groups attached to an aromatic ring is 2. The van der Waals surface area contributed by atoms with Crippen LogP contribution in [0, 0.1) is 0 Å². The quantitative estimate of drug-likeness (QED) is 0.0413. The molecule has 0 unspecified atom stereocenters. The third kappa shape index (κ3) is 11.7. The molecular weight excluding hydrogens is 725 g/mol. The summed E-state index contributed by atoms with van der Waals surface area (Å²) >= 11 is 0. The van der Waals surface area contributed by atoms with E-state index < -0.39 is 0 Å². The average Bonchev–Trinajstić information content (AvgIpc) is 3.83. The number of hydrogen-bond donors (Lipinski definition) is 4. The van der Waals surface area contributed by atoms with Crippen LogP contribution in [0.3, 0.4) is 0 Å². The molecule has 4 heterocycles. The highest BCUT2D eigenvalue weighted by Gasteiger charge is 2.15. The van der Waals surface area contributed by atoms with E-state index in [-0.39, 0.29) is 0 Å². The molecule has 12 nitrogen and oxygen atoms in total. The number of fused-ring (bicyclic) bond motifs is 2. The third-order valence-corrected chi connectivity index (χ3v) is 10.7. The summed E-state index contributed by atoms with van der Waals surface area (Å²) in [6.07, 6.45) is 14.1. The normalized spacial score (nSPS) is 11.8. The number of rotatable bonds is 25. The summed E-state index contributed by atoms with van der Waals surface area (Å²) in [6.45, 7) is 16.3. The molecule has 12 heteroatoms. The van der Waals surface area contributed by atoms with Crippen molar-refractivity contribution in [2.45, 2.75) is 105 Å². The minimum absolute atomic E-state index is 0.340. The predicted octanol–water partition coefficient (Wildman–Crippen LogP) is 8.84. The van der Waals surface area contributed by atoms with Gasteiger partial charge in [0.15, 0.2) is 11.6 Å². The molecule has 6 rings (SSSR count). The Hall–Kier alpha value is -5.20. The zero-order chi connectivity index (χ0) is 40.7. The maximum Gasteiger partial charge on any atom is 0.319 e. The van der Waals surface area contributed by atoms with E-state index in [1.54, 1.807) is 0 Å². The predicted molar refractivity (Wildman–Crippen MR) is 236 cm³/mol. The topological polar surface area (TPSA) is 160 Å². The van der Waals surface area contributed by atoms with Crippen molar-refractivity contribution in [3.05, 3.63) is 94.3 Å². The van der Waals surface area contributed by atoms with Gasteiger partial charge in [-0.2, -0.15) is 19.9 Å². The second-order valence-electron chi connectivity index (χ2n) is 15.5. The summed E-state index contributed by atoms with van der Waals surface area (Å²) < 4.78 is 11.8. The first-order valence-corrected chi connectivity index (χ1v) is 21.5. The molecule has 0 spiro atoms. The Balaban J connectivity index is 0.918. The number of nitrogens with zero attached hydrogens (tertiary/aromatic N) is 6. The van der Waals surface area contributed by atoms with E-state index in [1.165, 1.54) is 35.1 Å². The van der Waals surface area contributed by atoms with Gasteiger partial charge >= 0.3 is 12.0 Å². The largest absolute Gasteiger partial charge is 0.463 e. The highest BCUT2D eigenvalue weighted by molar-refractivity contribution is 5.88. The molecule has 0 aliphatic heterocycles. The monoisotopic (exact) mass is 789 g/mol. The summed E-state index contributed by atoms with van der Waals surface area (Å²) in [5.41, 5.74) is 23.0. The summed E-state index contributed by atoms with van der Waals surface area (Å²) in [4.78, 5) is 29.8. The van der Waals surface area contributed by atoms with Crippen molar-refractivity contribution < 1.29 is 9.47 Å². The van der Waals surface area contributed by atoms with Gasteiger partial charge in [0.25, 0.3) is 0 Å². The Kier molecular flexibility index (Phi) is 15.7. The number of nitrogens with one attached hydrogen (secondary N) is 2. The van der Waals surface area contributed by atoms with Crippen LogP contribution in [0.5, 0.6) is 12.0 Å². The van der Waals surface area contributed by atoms with Gasteiger partial charge in [0.2, 0.25) is 0 Å². The van der Waals surface area contributed by atoms with Gasteiger partial charge in [-0.25, -0.2) is 0 Å². The molecule has 0 saturated heterocycles. The molecule has 0 amide bonds. The van der Waals surface area contributed by atoms with Gasteiger partial charge in [-0.15, -0.1) is 0 Å². The fraction of sp³-hybridized carbons (Fsp3) is 0.478. The number of H-pyrrole nitrogens is 2. The average molecular weight is 789 g/mol. The van der Waals surface area contributed by atoms with E-state index in [2.05, 4.69) is 111 Å². The fourth-order valence-corrected chi connectivity index (χ4v) is 7.51. The van der Waals surface area contributed by atoms with Crippen molar-refractivity contribution in [2.75, 3.05) is 50.9 Å². The lowest BCUT2D eigenvalue weighted by Gasteiger charge is -2.21. The Morgan fingerprint density at radius 2 is 0.983 bits per heavy atom. The number of anilines is 2. The van der Waals surface area contributed by atoms with E-state index in [0.29, 0.717) is 36.9 Å². The summed E-state index contributed by atoms with van der Waals surface area (Å²) in [5.74, 6) is 0.829. The summed E-state index contributed by atoms with van der Waals surface area (Å²) in [7, 11) is 0. The Morgan fingerprint density at radius 1 is 0.517 bits per heavy atom. The van der Waals surface area contributed by atoms with E-state index in [9.17, 15) is 0 Å². The second-order valence-corrected chi connectivity index (χ2v) is 15.5. The summed E-state index contributed by atoms with van der Waals surface area (Å²) in [6, 6.07) is 18.5. The van der Waals surface area contributed by atoms with E-state index in [4.69, 9.17) is 25.9 Å². The van der Waals surface area contributed by atoms with Crippen LogP contribution >= 0.6 is 0 Å². The first-order chi connectivity index (χ1) is 28.4. The SMILES string of the molecule is CCCCOc1nc(N)c2[nH]cc(Cc3ccc(CN(CC)CCCCCCOc4nc(N)c5[nH]cc(Cc6ccc(CN(CCC)CCC)cc6)c5n4)cc3)c2n1. The molecule has 0 radical (unpaired) electrons. The lowest BCUT2D eigenvalue weighted by atomic mass is 10.0. The first kappa shape index (κ1) is 42.4. The Morgan fingerprint density at radius 3 is 1.47 bits per heavy atom. The van der Waals surface area contributed by atoms with Crippen LogP contribution < -0.4 is 20.9 Å². The van der Waals surface area contributed by atoms with Crippen LogP contribution in [0.1, 0.15) is 112 Å². The van der Waals surface area contributed by atoms with Crippen molar-refractivity contribution in [1.82, 2.24) is 39.7 Å². The Labute approximate surface area is 344 Å². The van der Waals surface area contributed by atoms with Crippen LogP contribution in [-0.4, -0.2) is 79.1 Å². The lowest BCUT2D eigenvalue weighted by Crippen LogP contribution is -2.24. The molecular formula is C46H64N10O2. The number of ether oxygens (including phenoxy) is 2. The van der Waals surface area contributed by atoms with Crippen LogP contribution in [0.2, 0.25) is 0 Å². The van der Waals surface area contributed by atoms with Crippen molar-refractivity contribution in [1.29, 1.82) is 0 Å². The molecule has 0 aliphatic carbocycles. The van der Waals surface area contributed by atoms with Crippen LogP contribution in [-0.2, 0) is 25.9 Å². The molecule has 4 aromatic heterocycles. The summed E-state index contributed by atoms with van der Waals surface area (Å²) in [5, 5.41) is 0. The Bertz CT molecular complexity index is 2140. The van der Waals surface area contributed by atoms with Gasteiger partial charge in [-0.05, 0) is 80.5 Å². The molecule has 6 aromatic rings. The van der Waals surface area contributed by atoms with Crippen molar-refractivity contribution >= 4 is 33.7 Å². The number of unbranched alkanes of at least 4 members (excludes halogenated alkanes) is 4. The first-order valence-electron chi connectivity index (χ1n) is 21.5. The van der Waals surface area contributed by atoms with E-state index >= 15 is 0 Å². The fourth-order valence-electron chi connectivity index (χ4n) is 7.51. The van der Waals surface area contributed by atoms with Crippen molar-refractivity contribution in [3.63, 3.8) is 0 Å². The highest BCUT2D eigenvalue weighted by Crippen LogP contribution is 2.27. The van der Waals surface area contributed by atoms with E-state index in [0.717, 1.165) is 124 Å². The number of aromatic amines is 2. The number of hydrogen-bond acceptors (Lipinski definition) is 10. The van der Waals surface area contributed by atoms with Crippen molar-refractivity contribution in [3.8, 4) is 12.0 Å². The molecule has 58 heavy (non-hydrogen) atoms. The molecule has 0 atom stereocenters. The van der Waals surface area contributed by atoms with Crippen molar-refractivity contribution in [2.24, 2.45) is 0 Å². The minimum atomic E-state index is 0.340. The van der Waals surface area contributed by atoms with E-state index in [1.807, 2.05) is 12.4 Å². The standard InChI is InChI=1S/C46H64N10O2/c1-5-9-25-57-45-51-39-37(29-49-41(39)43(47)53-45)27-33-14-18-35(19-15-33)31-55(8-4)24-12-10-11-13-26-58-46-52-40-38(30-50-42(40)44(48)54-46)28-34-16-20-36(21-17-34)32-56(22-6-2)23-7-3/h14-21,29-30,49-50H,5-13,22-28,31-32H2,1-4H3,(H2,47,51,53)(H2,48,52,54).